The van der Waals surface area contributed by atoms with E-state index in [1.54, 1.807) is 6.20 Å². The molecular formula is C27H30F5N7O5. The number of alkyl halides is 5. The predicted octanol–water partition coefficient (Wildman–Crippen LogP) is 3.96. The van der Waals surface area contributed by atoms with Gasteiger partial charge in [0.15, 0.2) is 11.3 Å². The lowest BCUT2D eigenvalue weighted by Gasteiger charge is -2.24. The first-order valence-electron chi connectivity index (χ1n) is 14.2. The van der Waals surface area contributed by atoms with Crippen LogP contribution >= 0.6 is 0 Å². The van der Waals surface area contributed by atoms with Gasteiger partial charge in [-0.05, 0) is 55.3 Å². The second-order valence-corrected chi connectivity index (χ2v) is 11.6. The Kier molecular flexibility index (Phi) is 8.57. The monoisotopic (exact) mass is 627 g/mol. The van der Waals surface area contributed by atoms with Crippen molar-refractivity contribution < 1.29 is 46.1 Å². The fourth-order valence-corrected chi connectivity index (χ4v) is 5.54. The maximum atomic E-state index is 13.2. The van der Waals surface area contributed by atoms with Gasteiger partial charge in [-0.1, -0.05) is 11.6 Å². The molecule has 12 nitrogen and oxygen atoms in total. The van der Waals surface area contributed by atoms with Crippen molar-refractivity contribution >= 4 is 23.4 Å². The van der Waals surface area contributed by atoms with Gasteiger partial charge in [0.05, 0.1) is 36.5 Å². The molecule has 2 saturated carbocycles. The van der Waals surface area contributed by atoms with Crippen molar-refractivity contribution in [1.29, 1.82) is 0 Å². The van der Waals surface area contributed by atoms with Gasteiger partial charge in [0, 0.05) is 18.8 Å². The molecule has 0 spiro atoms. The van der Waals surface area contributed by atoms with Gasteiger partial charge in [0.2, 0.25) is 11.8 Å². The quantitative estimate of drug-likeness (QED) is 0.314. The molecule has 2 aliphatic carbocycles. The Morgan fingerprint density at radius 3 is 2.48 bits per heavy atom. The van der Waals surface area contributed by atoms with Crippen LogP contribution in [0.1, 0.15) is 91.1 Å². The first-order valence-corrected chi connectivity index (χ1v) is 14.2. The van der Waals surface area contributed by atoms with Crippen LogP contribution < -0.4 is 10.6 Å². The Hall–Kier alpha value is -4.18. The summed E-state index contributed by atoms with van der Waals surface area (Å²) in [5.41, 5.74) is -0.0283. The molecule has 2 unspecified atom stereocenters. The van der Waals surface area contributed by atoms with Gasteiger partial charge in [-0.3, -0.25) is 14.4 Å². The number of hydrogen-bond acceptors (Lipinski definition) is 8. The SMILES string of the molecule is FC1(F)CCCCC1.O=C(O)CC1(Cc2cnn3cc(CNC(=O)c4nonc4C4CC4)nc3c2)CC(C(F)(F)F)NC1=O. The summed E-state index contributed by atoms with van der Waals surface area (Å²) in [6, 6.07) is -0.605. The molecule has 0 radical (unpaired) electrons. The van der Waals surface area contributed by atoms with E-state index in [2.05, 4.69) is 30.3 Å². The molecule has 3 aromatic rings. The van der Waals surface area contributed by atoms with Gasteiger partial charge in [0.25, 0.3) is 5.91 Å². The van der Waals surface area contributed by atoms with E-state index >= 15 is 0 Å². The van der Waals surface area contributed by atoms with E-state index in [0.717, 1.165) is 19.3 Å². The zero-order chi connectivity index (χ0) is 31.7. The third-order valence-electron chi connectivity index (χ3n) is 7.94. The summed E-state index contributed by atoms with van der Waals surface area (Å²) < 4.78 is 70.1. The van der Waals surface area contributed by atoms with Crippen molar-refractivity contribution in [1.82, 2.24) is 35.5 Å². The molecule has 1 aliphatic heterocycles. The molecule has 3 N–H and O–H groups in total. The minimum Gasteiger partial charge on any atom is -0.481 e. The van der Waals surface area contributed by atoms with Crippen molar-refractivity contribution in [3.63, 3.8) is 0 Å². The molecule has 3 aliphatic rings. The summed E-state index contributed by atoms with van der Waals surface area (Å²) in [7, 11) is 0. The summed E-state index contributed by atoms with van der Waals surface area (Å²) in [5.74, 6) is -4.96. The Morgan fingerprint density at radius 1 is 1.16 bits per heavy atom. The van der Waals surface area contributed by atoms with Crippen molar-refractivity contribution in [3.05, 3.63) is 41.1 Å². The van der Waals surface area contributed by atoms with E-state index < -0.39 is 54.2 Å². The lowest BCUT2D eigenvalue weighted by Crippen LogP contribution is -2.39. The number of carbonyl (C=O) groups is 3. The maximum Gasteiger partial charge on any atom is 0.408 e. The van der Waals surface area contributed by atoms with Crippen molar-refractivity contribution in [2.45, 2.75) is 94.8 Å². The number of carboxylic acid groups (broad SMARTS) is 1. The first-order chi connectivity index (χ1) is 20.7. The summed E-state index contributed by atoms with van der Waals surface area (Å²) >= 11 is 0. The molecule has 2 amide bonds. The van der Waals surface area contributed by atoms with Gasteiger partial charge in [-0.25, -0.2) is 22.9 Å². The lowest BCUT2D eigenvalue weighted by molar-refractivity contribution is -0.155. The van der Waals surface area contributed by atoms with Crippen LogP contribution in [-0.2, 0) is 22.6 Å². The Morgan fingerprint density at radius 2 is 1.89 bits per heavy atom. The number of amides is 2. The highest BCUT2D eigenvalue weighted by atomic mass is 19.4. The number of nitrogens with one attached hydrogen (secondary N) is 2. The fourth-order valence-electron chi connectivity index (χ4n) is 5.54. The molecule has 238 valence electrons. The highest BCUT2D eigenvalue weighted by molar-refractivity contribution is 5.93. The van der Waals surface area contributed by atoms with Gasteiger partial charge in [-0.2, -0.15) is 18.3 Å². The van der Waals surface area contributed by atoms with Crippen LogP contribution in [0.25, 0.3) is 5.65 Å². The highest BCUT2D eigenvalue weighted by Gasteiger charge is 2.56. The number of imidazole rings is 1. The van der Waals surface area contributed by atoms with Crippen LogP contribution in [-0.4, -0.2) is 65.9 Å². The van der Waals surface area contributed by atoms with Gasteiger partial charge >= 0.3 is 12.1 Å². The van der Waals surface area contributed by atoms with Crippen molar-refractivity contribution in [2.75, 3.05) is 0 Å². The zero-order valence-electron chi connectivity index (χ0n) is 23.4. The number of carbonyl (C=O) groups excluding carboxylic acids is 2. The summed E-state index contributed by atoms with van der Waals surface area (Å²) in [6.45, 7) is 0.0348. The highest BCUT2D eigenvalue weighted by Crippen LogP contribution is 2.42. The normalized spacial score (nSPS) is 23.1. The van der Waals surface area contributed by atoms with Gasteiger partial charge in [-0.15, -0.1) is 0 Å². The molecule has 6 rings (SSSR count). The number of nitrogens with zero attached hydrogens (tertiary/aromatic N) is 5. The third kappa shape index (κ3) is 7.30. The second kappa shape index (κ2) is 12.1. The molecule has 1 saturated heterocycles. The molecule has 4 heterocycles. The second-order valence-electron chi connectivity index (χ2n) is 11.6. The average molecular weight is 628 g/mol. The number of aliphatic carboxylic acids is 1. The van der Waals surface area contributed by atoms with Crippen molar-refractivity contribution in [2.24, 2.45) is 5.41 Å². The largest absolute Gasteiger partial charge is 0.481 e. The predicted molar refractivity (Wildman–Crippen MR) is 139 cm³/mol. The molecule has 44 heavy (non-hydrogen) atoms. The summed E-state index contributed by atoms with van der Waals surface area (Å²) in [4.78, 5) is 40.7. The van der Waals surface area contributed by atoms with Gasteiger partial charge in [0.1, 0.15) is 11.7 Å². The first kappa shape index (κ1) is 31.3. The third-order valence-corrected chi connectivity index (χ3v) is 7.94. The number of fused-ring (bicyclic) bond motifs is 1. The molecule has 17 heteroatoms. The van der Waals surface area contributed by atoms with E-state index in [0.29, 0.717) is 35.4 Å². The summed E-state index contributed by atoms with van der Waals surface area (Å²) in [5, 5.41) is 25.5. The van der Waals surface area contributed by atoms with Crippen LogP contribution in [0, 0.1) is 5.41 Å². The molecule has 3 aromatic heterocycles. The topological polar surface area (TPSA) is 165 Å². The molecule has 0 aromatic carbocycles. The van der Waals surface area contributed by atoms with Crippen molar-refractivity contribution in [3.8, 4) is 0 Å². The zero-order valence-corrected chi connectivity index (χ0v) is 23.4. The average Bonchev–Trinajstić information content (AvgIpc) is 3.37. The molecule has 2 atom stereocenters. The number of hydrogen-bond donors (Lipinski definition) is 3. The van der Waals surface area contributed by atoms with Crippen LogP contribution in [0.3, 0.4) is 0 Å². The standard InChI is InChI=1S/C21H20F3N7O5.C6H10F2/c22-21(23,24)13-5-20(6-15(32)33,19(35)28-13)4-10-3-14-27-12(9-31(14)26-7-10)8-25-18(34)17-16(11-1-2-11)29-36-30-17;7-6(8)4-2-1-3-5-6/h3,7,9,11,13H,1-2,4-6,8H2,(H,25,34)(H,28,35)(H,32,33);1-5H2. The fraction of sp³-hybridized carbons (Fsp3) is 0.593. The number of rotatable bonds is 8. The van der Waals surface area contributed by atoms with E-state index in [9.17, 15) is 41.4 Å². The van der Waals surface area contributed by atoms with Crippen LogP contribution in [0.15, 0.2) is 23.1 Å². The van der Waals surface area contributed by atoms with Crippen LogP contribution in [0.4, 0.5) is 22.0 Å². The Balaban J connectivity index is 0.000000418. The number of carboxylic acids is 1. The minimum atomic E-state index is -4.69. The van der Waals surface area contributed by atoms with E-state index in [1.807, 2.05) is 5.32 Å². The number of aromatic nitrogens is 5. The number of halogens is 5. The Labute approximate surface area is 246 Å². The van der Waals surface area contributed by atoms with E-state index in [-0.39, 0.29) is 37.4 Å². The van der Waals surface area contributed by atoms with Crippen LogP contribution in [0.2, 0.25) is 0 Å². The smallest absolute Gasteiger partial charge is 0.408 e. The molecule has 3 fully saturated rings. The maximum absolute atomic E-state index is 13.2. The van der Waals surface area contributed by atoms with E-state index in [4.69, 9.17) is 0 Å². The minimum absolute atomic E-state index is 0.0348. The molecule has 0 bridgehead atoms. The van der Waals surface area contributed by atoms with Crippen LogP contribution in [0.5, 0.6) is 0 Å². The van der Waals surface area contributed by atoms with Gasteiger partial charge < -0.3 is 15.7 Å². The lowest BCUT2D eigenvalue weighted by atomic mass is 9.76. The molecular weight excluding hydrogens is 597 g/mol. The Bertz CT molecular complexity index is 1530. The summed E-state index contributed by atoms with van der Waals surface area (Å²) in [6.07, 6.45) is 0.985. The van der Waals surface area contributed by atoms with E-state index in [1.165, 1.54) is 16.8 Å².